The zero-order valence-corrected chi connectivity index (χ0v) is 14.6. The van der Waals surface area contributed by atoms with Crippen molar-refractivity contribution < 1.29 is 9.72 Å². The number of benzene rings is 2. The number of aromatic nitrogens is 3. The number of hydrogen-bond donors (Lipinski definition) is 1. The van der Waals surface area contributed by atoms with Gasteiger partial charge in [0.2, 0.25) is 0 Å². The first-order chi connectivity index (χ1) is 12.4. The average molecular weight is 351 g/mol. The van der Waals surface area contributed by atoms with Crippen LogP contribution in [-0.4, -0.2) is 25.8 Å². The Kier molecular flexibility index (Phi) is 4.49. The van der Waals surface area contributed by atoms with Crippen molar-refractivity contribution in [3.8, 4) is 5.69 Å². The molecule has 0 radical (unpaired) electrons. The van der Waals surface area contributed by atoms with Crippen molar-refractivity contribution in [1.82, 2.24) is 15.0 Å². The number of anilines is 1. The number of carbonyl (C=O) groups excluding carboxylic acids is 1. The topological polar surface area (TPSA) is 103 Å². The molecule has 0 saturated carbocycles. The SMILES string of the molecule is Cc1ccc(C)c(NC(=O)c2nnn(-c3cccc([N+](=O)[O-])c3)c2C)c1. The summed E-state index contributed by atoms with van der Waals surface area (Å²) < 4.78 is 1.41. The first-order valence-corrected chi connectivity index (χ1v) is 7.92. The Hall–Kier alpha value is -3.55. The summed E-state index contributed by atoms with van der Waals surface area (Å²) >= 11 is 0. The molecular formula is C18H17N5O3. The number of nitrogens with one attached hydrogen (secondary N) is 1. The molecule has 8 nitrogen and oxygen atoms in total. The summed E-state index contributed by atoms with van der Waals surface area (Å²) in [5.74, 6) is -0.382. The molecule has 2 aromatic carbocycles. The van der Waals surface area contributed by atoms with Crippen molar-refractivity contribution in [3.05, 3.63) is 75.1 Å². The number of rotatable bonds is 4. The Morgan fingerprint density at radius 2 is 1.92 bits per heavy atom. The van der Waals surface area contributed by atoms with Crippen molar-refractivity contribution in [2.45, 2.75) is 20.8 Å². The maximum absolute atomic E-state index is 12.6. The summed E-state index contributed by atoms with van der Waals surface area (Å²) in [4.78, 5) is 23.0. The van der Waals surface area contributed by atoms with Crippen LogP contribution in [0.15, 0.2) is 42.5 Å². The van der Waals surface area contributed by atoms with Gasteiger partial charge in [-0.15, -0.1) is 5.10 Å². The van der Waals surface area contributed by atoms with Crippen LogP contribution >= 0.6 is 0 Å². The van der Waals surface area contributed by atoms with E-state index in [9.17, 15) is 14.9 Å². The Labute approximate surface area is 149 Å². The number of non-ortho nitro benzene ring substituents is 1. The largest absolute Gasteiger partial charge is 0.320 e. The number of nitro groups is 1. The first kappa shape index (κ1) is 17.3. The van der Waals surface area contributed by atoms with Gasteiger partial charge in [-0.3, -0.25) is 14.9 Å². The third-order valence-electron chi connectivity index (χ3n) is 4.04. The fourth-order valence-corrected chi connectivity index (χ4v) is 2.57. The van der Waals surface area contributed by atoms with E-state index in [0.717, 1.165) is 11.1 Å². The average Bonchev–Trinajstić information content (AvgIpc) is 3.00. The Balaban J connectivity index is 1.91. The molecule has 1 aromatic heterocycles. The van der Waals surface area contributed by atoms with Crippen LogP contribution in [0.25, 0.3) is 5.69 Å². The standard InChI is InChI=1S/C18H17N5O3/c1-11-7-8-12(2)16(9-11)19-18(24)17-13(3)22(21-20-17)14-5-4-6-15(10-14)23(25)26/h4-10H,1-3H3,(H,19,24). The summed E-state index contributed by atoms with van der Waals surface area (Å²) in [6.07, 6.45) is 0. The number of amides is 1. The molecule has 1 N–H and O–H groups in total. The minimum atomic E-state index is -0.482. The number of aryl methyl sites for hydroxylation is 2. The van der Waals surface area contributed by atoms with Gasteiger partial charge in [0.25, 0.3) is 11.6 Å². The smallest absolute Gasteiger partial charge is 0.278 e. The highest BCUT2D eigenvalue weighted by Gasteiger charge is 2.19. The summed E-state index contributed by atoms with van der Waals surface area (Å²) in [5.41, 5.74) is 3.74. The molecule has 0 spiro atoms. The molecule has 0 aliphatic carbocycles. The van der Waals surface area contributed by atoms with Crippen molar-refractivity contribution in [1.29, 1.82) is 0 Å². The monoisotopic (exact) mass is 351 g/mol. The van der Waals surface area contributed by atoms with Crippen LogP contribution in [0.2, 0.25) is 0 Å². The molecule has 0 atom stereocenters. The van der Waals surface area contributed by atoms with Crippen molar-refractivity contribution in [3.63, 3.8) is 0 Å². The Morgan fingerprint density at radius 1 is 1.15 bits per heavy atom. The molecule has 3 rings (SSSR count). The molecule has 26 heavy (non-hydrogen) atoms. The minimum absolute atomic E-state index is 0.0567. The van der Waals surface area contributed by atoms with Crippen molar-refractivity contribution in [2.75, 3.05) is 5.32 Å². The molecule has 0 aliphatic rings. The van der Waals surface area contributed by atoms with Gasteiger partial charge in [-0.2, -0.15) is 0 Å². The first-order valence-electron chi connectivity index (χ1n) is 7.92. The van der Waals surface area contributed by atoms with Crippen LogP contribution in [-0.2, 0) is 0 Å². The van der Waals surface area contributed by atoms with Gasteiger partial charge in [-0.05, 0) is 44.0 Å². The molecule has 0 aliphatic heterocycles. The van der Waals surface area contributed by atoms with Crippen LogP contribution in [0.4, 0.5) is 11.4 Å². The lowest BCUT2D eigenvalue weighted by atomic mass is 10.1. The van der Waals surface area contributed by atoms with Crippen molar-refractivity contribution >= 4 is 17.3 Å². The molecule has 0 unspecified atom stereocenters. The summed E-state index contributed by atoms with van der Waals surface area (Å²) in [6, 6.07) is 11.8. The molecular weight excluding hydrogens is 334 g/mol. The van der Waals surface area contributed by atoms with Gasteiger partial charge in [0.1, 0.15) is 0 Å². The summed E-state index contributed by atoms with van der Waals surface area (Å²) in [6.45, 7) is 5.54. The van der Waals surface area contributed by atoms with Gasteiger partial charge in [-0.25, -0.2) is 4.68 Å². The normalized spacial score (nSPS) is 10.6. The lowest BCUT2D eigenvalue weighted by Gasteiger charge is -2.08. The Bertz CT molecular complexity index is 1010. The number of nitro benzene ring substituents is 1. The summed E-state index contributed by atoms with van der Waals surface area (Å²) in [5, 5.41) is 21.7. The number of hydrogen-bond acceptors (Lipinski definition) is 5. The highest BCUT2D eigenvalue weighted by molar-refractivity contribution is 6.04. The van der Waals surface area contributed by atoms with Gasteiger partial charge in [0, 0.05) is 17.8 Å². The maximum Gasteiger partial charge on any atom is 0.278 e. The molecule has 0 bridgehead atoms. The van der Waals surface area contributed by atoms with E-state index in [1.165, 1.54) is 16.8 Å². The predicted molar refractivity (Wildman–Crippen MR) is 96.6 cm³/mol. The van der Waals surface area contributed by atoms with Gasteiger partial charge in [0.15, 0.2) is 5.69 Å². The van der Waals surface area contributed by atoms with E-state index >= 15 is 0 Å². The zero-order valence-electron chi connectivity index (χ0n) is 14.6. The minimum Gasteiger partial charge on any atom is -0.320 e. The van der Waals surface area contributed by atoms with Gasteiger partial charge < -0.3 is 5.32 Å². The van der Waals surface area contributed by atoms with E-state index in [2.05, 4.69) is 15.6 Å². The van der Waals surface area contributed by atoms with E-state index in [4.69, 9.17) is 0 Å². The van der Waals surface area contributed by atoms with Crippen molar-refractivity contribution in [2.24, 2.45) is 0 Å². The van der Waals surface area contributed by atoms with E-state index in [1.54, 1.807) is 19.1 Å². The molecule has 3 aromatic rings. The quantitative estimate of drug-likeness (QED) is 0.573. The van der Waals surface area contributed by atoms with Crippen LogP contribution in [0.3, 0.4) is 0 Å². The Morgan fingerprint density at radius 3 is 2.65 bits per heavy atom. The summed E-state index contributed by atoms with van der Waals surface area (Å²) in [7, 11) is 0. The second-order valence-electron chi connectivity index (χ2n) is 5.98. The van der Waals surface area contributed by atoms with E-state index in [1.807, 2.05) is 32.0 Å². The fourth-order valence-electron chi connectivity index (χ4n) is 2.57. The lowest BCUT2D eigenvalue weighted by Crippen LogP contribution is -2.15. The van der Waals surface area contributed by atoms with Crippen LogP contribution in [0.5, 0.6) is 0 Å². The van der Waals surface area contributed by atoms with E-state index < -0.39 is 4.92 Å². The lowest BCUT2D eigenvalue weighted by molar-refractivity contribution is -0.384. The van der Waals surface area contributed by atoms with Crippen LogP contribution in [0, 0.1) is 30.9 Å². The molecule has 8 heteroatoms. The molecule has 0 saturated heterocycles. The van der Waals surface area contributed by atoms with Crippen LogP contribution in [0.1, 0.15) is 27.3 Å². The molecule has 1 amide bonds. The third kappa shape index (κ3) is 3.30. The molecule has 132 valence electrons. The van der Waals surface area contributed by atoms with Gasteiger partial charge in [-0.1, -0.05) is 23.4 Å². The van der Waals surface area contributed by atoms with Gasteiger partial charge in [0.05, 0.1) is 16.3 Å². The predicted octanol–water partition coefficient (Wildman–Crippen LogP) is 3.35. The molecule has 1 heterocycles. The van der Waals surface area contributed by atoms with E-state index in [0.29, 0.717) is 17.1 Å². The van der Waals surface area contributed by atoms with Crippen LogP contribution < -0.4 is 5.32 Å². The number of carbonyl (C=O) groups is 1. The fraction of sp³-hybridized carbons (Fsp3) is 0.167. The van der Waals surface area contributed by atoms with Gasteiger partial charge >= 0.3 is 0 Å². The molecule has 0 fully saturated rings. The maximum atomic E-state index is 12.6. The second-order valence-corrected chi connectivity index (χ2v) is 5.98. The van der Waals surface area contributed by atoms with E-state index in [-0.39, 0.29) is 17.3 Å². The highest BCUT2D eigenvalue weighted by Crippen LogP contribution is 2.20. The highest BCUT2D eigenvalue weighted by atomic mass is 16.6. The zero-order chi connectivity index (χ0) is 18.8. The second kappa shape index (κ2) is 6.75. The third-order valence-corrected chi connectivity index (χ3v) is 4.04. The number of nitrogens with zero attached hydrogens (tertiary/aromatic N) is 4.